The Labute approximate surface area is 105 Å². The van der Waals surface area contributed by atoms with E-state index in [0.717, 1.165) is 23.0 Å². The molecule has 0 N–H and O–H groups in total. The van der Waals surface area contributed by atoms with Crippen molar-refractivity contribution in [3.05, 3.63) is 47.5 Å². The standard InChI is InChI=1S/C11H7ClF4N2/c12-6-7-1-2-9(8(13)5-7)18-4-3-10(17-18)11(14,15)16/h1-5H,6H2. The highest BCUT2D eigenvalue weighted by atomic mass is 35.5. The zero-order valence-electron chi connectivity index (χ0n) is 8.88. The van der Waals surface area contributed by atoms with E-state index in [2.05, 4.69) is 5.10 Å². The number of hydrogen-bond donors (Lipinski definition) is 0. The first-order chi connectivity index (χ1) is 8.41. The maximum atomic E-state index is 13.6. The number of rotatable bonds is 2. The van der Waals surface area contributed by atoms with E-state index in [0.29, 0.717) is 5.56 Å². The summed E-state index contributed by atoms with van der Waals surface area (Å²) in [5.41, 5.74) is -0.580. The molecule has 0 aliphatic carbocycles. The first-order valence-corrected chi connectivity index (χ1v) is 5.43. The Morgan fingerprint density at radius 3 is 2.44 bits per heavy atom. The van der Waals surface area contributed by atoms with Gasteiger partial charge in [0, 0.05) is 12.1 Å². The quantitative estimate of drug-likeness (QED) is 0.604. The largest absolute Gasteiger partial charge is 0.435 e. The second-order valence-corrected chi connectivity index (χ2v) is 3.83. The Balaban J connectivity index is 2.40. The van der Waals surface area contributed by atoms with Crippen LogP contribution in [0.1, 0.15) is 11.3 Å². The van der Waals surface area contributed by atoms with Gasteiger partial charge in [-0.05, 0) is 23.8 Å². The molecule has 0 atom stereocenters. The lowest BCUT2D eigenvalue weighted by atomic mass is 10.2. The van der Waals surface area contributed by atoms with Crippen molar-refractivity contribution in [2.45, 2.75) is 12.1 Å². The highest BCUT2D eigenvalue weighted by molar-refractivity contribution is 6.17. The summed E-state index contributed by atoms with van der Waals surface area (Å²) in [6.07, 6.45) is -3.49. The fourth-order valence-corrected chi connectivity index (χ4v) is 1.59. The minimum Gasteiger partial charge on any atom is -0.237 e. The van der Waals surface area contributed by atoms with Crippen LogP contribution in [0.25, 0.3) is 5.69 Å². The van der Waals surface area contributed by atoms with Crippen molar-refractivity contribution in [2.24, 2.45) is 0 Å². The third-order valence-electron chi connectivity index (χ3n) is 2.29. The summed E-state index contributed by atoms with van der Waals surface area (Å²) in [4.78, 5) is 0. The Kier molecular flexibility index (Phi) is 3.30. The summed E-state index contributed by atoms with van der Waals surface area (Å²) < 4.78 is 51.5. The second kappa shape index (κ2) is 4.61. The molecule has 0 aliphatic rings. The number of hydrogen-bond acceptors (Lipinski definition) is 1. The molecule has 1 heterocycles. The Bertz CT molecular complexity index is 562. The highest BCUT2D eigenvalue weighted by Crippen LogP contribution is 2.28. The van der Waals surface area contributed by atoms with Gasteiger partial charge >= 0.3 is 6.18 Å². The summed E-state index contributed by atoms with van der Waals surface area (Å²) in [5, 5.41) is 3.29. The maximum Gasteiger partial charge on any atom is 0.435 e. The van der Waals surface area contributed by atoms with E-state index in [1.165, 1.54) is 12.1 Å². The summed E-state index contributed by atoms with van der Waals surface area (Å²) in [6.45, 7) is 0. The average Bonchev–Trinajstić information content (AvgIpc) is 2.77. The van der Waals surface area contributed by atoms with Crippen LogP contribution in [-0.2, 0) is 12.1 Å². The van der Waals surface area contributed by atoms with E-state index in [-0.39, 0.29) is 11.6 Å². The number of aromatic nitrogens is 2. The molecule has 0 unspecified atom stereocenters. The zero-order chi connectivity index (χ0) is 13.3. The van der Waals surface area contributed by atoms with Gasteiger partial charge in [-0.1, -0.05) is 6.07 Å². The fourth-order valence-electron chi connectivity index (χ4n) is 1.43. The SMILES string of the molecule is Fc1cc(CCl)ccc1-n1ccc(C(F)(F)F)n1. The third kappa shape index (κ3) is 2.48. The average molecular weight is 279 g/mol. The van der Waals surface area contributed by atoms with Gasteiger partial charge in [0.1, 0.15) is 11.5 Å². The molecule has 2 nitrogen and oxygen atoms in total. The number of nitrogens with zero attached hydrogens (tertiary/aromatic N) is 2. The number of benzene rings is 1. The lowest BCUT2D eigenvalue weighted by Gasteiger charge is -2.05. The minimum atomic E-state index is -4.54. The van der Waals surface area contributed by atoms with Crippen molar-refractivity contribution >= 4 is 11.6 Å². The van der Waals surface area contributed by atoms with Gasteiger partial charge < -0.3 is 0 Å². The van der Waals surface area contributed by atoms with E-state index in [9.17, 15) is 17.6 Å². The summed E-state index contributed by atoms with van der Waals surface area (Å²) in [6, 6.07) is 4.81. The molecule has 0 radical (unpaired) electrons. The van der Waals surface area contributed by atoms with Crippen molar-refractivity contribution in [3.63, 3.8) is 0 Å². The maximum absolute atomic E-state index is 13.6. The third-order valence-corrected chi connectivity index (χ3v) is 2.60. The Morgan fingerprint density at radius 1 is 1.22 bits per heavy atom. The first-order valence-electron chi connectivity index (χ1n) is 4.89. The number of alkyl halides is 4. The van der Waals surface area contributed by atoms with Gasteiger partial charge in [0.15, 0.2) is 5.69 Å². The summed E-state index contributed by atoms with van der Waals surface area (Å²) in [5.74, 6) is -0.547. The van der Waals surface area contributed by atoms with Crippen LogP contribution in [-0.4, -0.2) is 9.78 Å². The van der Waals surface area contributed by atoms with Crippen LogP contribution < -0.4 is 0 Å². The van der Waals surface area contributed by atoms with E-state index in [4.69, 9.17) is 11.6 Å². The topological polar surface area (TPSA) is 17.8 Å². The monoisotopic (exact) mass is 278 g/mol. The van der Waals surface area contributed by atoms with Gasteiger partial charge in [-0.3, -0.25) is 0 Å². The fraction of sp³-hybridized carbons (Fsp3) is 0.182. The predicted octanol–water partition coefficient (Wildman–Crippen LogP) is 3.77. The van der Waals surface area contributed by atoms with E-state index < -0.39 is 17.7 Å². The lowest BCUT2D eigenvalue weighted by molar-refractivity contribution is -0.141. The molecule has 0 aliphatic heterocycles. The van der Waals surface area contributed by atoms with Crippen LogP contribution in [0.5, 0.6) is 0 Å². The molecule has 18 heavy (non-hydrogen) atoms. The van der Waals surface area contributed by atoms with Gasteiger partial charge in [-0.2, -0.15) is 18.3 Å². The molecule has 2 aromatic rings. The van der Waals surface area contributed by atoms with Crippen molar-refractivity contribution in [2.75, 3.05) is 0 Å². The van der Waals surface area contributed by atoms with Crippen LogP contribution in [0.3, 0.4) is 0 Å². The summed E-state index contributed by atoms with van der Waals surface area (Å²) >= 11 is 5.52. The molecule has 96 valence electrons. The van der Waals surface area contributed by atoms with Crippen molar-refractivity contribution in [1.82, 2.24) is 9.78 Å². The molecule has 0 bridgehead atoms. The van der Waals surface area contributed by atoms with Gasteiger partial charge in [0.2, 0.25) is 0 Å². The van der Waals surface area contributed by atoms with Crippen molar-refractivity contribution < 1.29 is 17.6 Å². The molecule has 1 aromatic heterocycles. The molecular weight excluding hydrogens is 272 g/mol. The van der Waals surface area contributed by atoms with Crippen LogP contribution >= 0.6 is 11.6 Å². The Morgan fingerprint density at radius 2 is 1.94 bits per heavy atom. The lowest BCUT2D eigenvalue weighted by Crippen LogP contribution is -2.07. The molecule has 0 fully saturated rings. The van der Waals surface area contributed by atoms with Crippen LogP contribution in [0.4, 0.5) is 17.6 Å². The van der Waals surface area contributed by atoms with Gasteiger partial charge in [-0.25, -0.2) is 9.07 Å². The normalized spacial score (nSPS) is 11.8. The highest BCUT2D eigenvalue weighted by Gasteiger charge is 2.33. The molecule has 0 spiro atoms. The molecule has 7 heteroatoms. The number of halogens is 5. The van der Waals surface area contributed by atoms with Crippen molar-refractivity contribution in [1.29, 1.82) is 0 Å². The van der Waals surface area contributed by atoms with Gasteiger partial charge in [0.05, 0.1) is 0 Å². The Hall–Kier alpha value is -1.56. The second-order valence-electron chi connectivity index (χ2n) is 3.56. The molecular formula is C11H7ClF4N2. The summed E-state index contributed by atoms with van der Waals surface area (Å²) in [7, 11) is 0. The zero-order valence-corrected chi connectivity index (χ0v) is 9.63. The minimum absolute atomic E-state index is 0.0561. The van der Waals surface area contributed by atoms with Crippen LogP contribution in [0.2, 0.25) is 0 Å². The first kappa shape index (κ1) is 12.9. The molecule has 0 amide bonds. The molecule has 0 saturated carbocycles. The molecule has 0 saturated heterocycles. The molecule has 1 aromatic carbocycles. The van der Waals surface area contributed by atoms with Gasteiger partial charge in [-0.15, -0.1) is 11.6 Å². The van der Waals surface area contributed by atoms with E-state index in [1.807, 2.05) is 0 Å². The van der Waals surface area contributed by atoms with Crippen LogP contribution in [0.15, 0.2) is 30.5 Å². The predicted molar refractivity (Wildman–Crippen MR) is 58.1 cm³/mol. The van der Waals surface area contributed by atoms with Crippen LogP contribution in [0, 0.1) is 5.82 Å². The van der Waals surface area contributed by atoms with E-state index in [1.54, 1.807) is 0 Å². The molecule has 2 rings (SSSR count). The van der Waals surface area contributed by atoms with Gasteiger partial charge in [0.25, 0.3) is 0 Å². The van der Waals surface area contributed by atoms with Crippen molar-refractivity contribution in [3.8, 4) is 5.69 Å². The van der Waals surface area contributed by atoms with E-state index >= 15 is 0 Å². The smallest absolute Gasteiger partial charge is 0.237 e.